The Labute approximate surface area is 113 Å². The van der Waals surface area contributed by atoms with Crippen LogP contribution in [-0.2, 0) is 4.74 Å². The van der Waals surface area contributed by atoms with E-state index in [1.54, 1.807) is 0 Å². The Morgan fingerprint density at radius 3 is 2.44 bits per heavy atom. The molecular formula is C15H32N2O. The number of ether oxygens (including phenoxy) is 1. The number of hydrogen-bond acceptors (Lipinski definition) is 3. The van der Waals surface area contributed by atoms with Crippen LogP contribution < -0.4 is 5.32 Å². The number of nitrogens with zero attached hydrogens (tertiary/aromatic N) is 1. The molecule has 18 heavy (non-hydrogen) atoms. The molecule has 1 aliphatic heterocycles. The van der Waals surface area contributed by atoms with Crippen molar-refractivity contribution in [1.29, 1.82) is 0 Å². The van der Waals surface area contributed by atoms with Crippen molar-refractivity contribution in [2.24, 2.45) is 11.3 Å². The first kappa shape index (κ1) is 15.9. The summed E-state index contributed by atoms with van der Waals surface area (Å²) >= 11 is 0. The Hall–Kier alpha value is -0.120. The van der Waals surface area contributed by atoms with E-state index in [9.17, 15) is 0 Å². The summed E-state index contributed by atoms with van der Waals surface area (Å²) in [6.45, 7) is 16.9. The highest BCUT2D eigenvalue weighted by Gasteiger charge is 2.18. The fourth-order valence-electron chi connectivity index (χ4n) is 2.13. The minimum Gasteiger partial charge on any atom is -0.379 e. The van der Waals surface area contributed by atoms with E-state index in [1.165, 1.54) is 19.4 Å². The lowest BCUT2D eigenvalue weighted by molar-refractivity contribution is 0.0374. The van der Waals surface area contributed by atoms with E-state index in [2.05, 4.69) is 37.9 Å². The number of hydrogen-bond donors (Lipinski definition) is 1. The normalized spacial score (nSPS) is 20.0. The molecule has 1 N–H and O–H groups in total. The van der Waals surface area contributed by atoms with Crippen LogP contribution in [0.2, 0.25) is 0 Å². The highest BCUT2D eigenvalue weighted by atomic mass is 16.5. The fourth-order valence-corrected chi connectivity index (χ4v) is 2.13. The Morgan fingerprint density at radius 1 is 1.17 bits per heavy atom. The number of nitrogens with one attached hydrogen (secondary N) is 1. The minimum atomic E-state index is 0.440. The van der Waals surface area contributed by atoms with Gasteiger partial charge in [0, 0.05) is 13.1 Å². The summed E-state index contributed by atoms with van der Waals surface area (Å²) in [5.41, 5.74) is 0.440. The molecule has 1 aliphatic rings. The van der Waals surface area contributed by atoms with Crippen molar-refractivity contribution in [3.8, 4) is 0 Å². The molecule has 0 spiro atoms. The van der Waals surface area contributed by atoms with Gasteiger partial charge in [-0.3, -0.25) is 4.90 Å². The molecule has 0 amide bonds. The third-order valence-corrected chi connectivity index (χ3v) is 4.16. The maximum absolute atomic E-state index is 5.35. The van der Waals surface area contributed by atoms with Crippen LogP contribution in [0.5, 0.6) is 0 Å². The van der Waals surface area contributed by atoms with E-state index in [0.717, 1.165) is 45.3 Å². The van der Waals surface area contributed by atoms with Gasteiger partial charge in [-0.05, 0) is 43.8 Å². The highest BCUT2D eigenvalue weighted by Crippen LogP contribution is 2.27. The minimum absolute atomic E-state index is 0.440. The molecule has 1 rings (SSSR count). The molecule has 3 nitrogen and oxygen atoms in total. The molecule has 1 unspecified atom stereocenters. The first-order valence-corrected chi connectivity index (χ1v) is 7.51. The standard InChI is InChI=1S/C15H32N2O/c1-14(15(2,3)4)6-8-16-7-5-9-17-10-12-18-13-11-17/h14,16H,5-13H2,1-4H3. The van der Waals surface area contributed by atoms with Crippen molar-refractivity contribution in [1.82, 2.24) is 10.2 Å². The summed E-state index contributed by atoms with van der Waals surface area (Å²) in [6.07, 6.45) is 2.53. The molecule has 0 radical (unpaired) electrons. The van der Waals surface area contributed by atoms with E-state index in [-0.39, 0.29) is 0 Å². The molecule has 1 saturated heterocycles. The maximum Gasteiger partial charge on any atom is 0.0594 e. The first-order valence-electron chi connectivity index (χ1n) is 7.51. The highest BCUT2D eigenvalue weighted by molar-refractivity contribution is 4.70. The SMILES string of the molecule is CC(CCNCCCN1CCOCC1)C(C)(C)C. The van der Waals surface area contributed by atoms with Gasteiger partial charge in [-0.25, -0.2) is 0 Å². The van der Waals surface area contributed by atoms with Crippen LogP contribution >= 0.6 is 0 Å². The summed E-state index contributed by atoms with van der Waals surface area (Å²) < 4.78 is 5.35. The van der Waals surface area contributed by atoms with E-state index < -0.39 is 0 Å². The largest absolute Gasteiger partial charge is 0.379 e. The summed E-state index contributed by atoms with van der Waals surface area (Å²) in [5.74, 6) is 0.782. The van der Waals surface area contributed by atoms with E-state index in [0.29, 0.717) is 5.41 Å². The topological polar surface area (TPSA) is 24.5 Å². The van der Waals surface area contributed by atoms with Gasteiger partial charge in [-0.15, -0.1) is 0 Å². The van der Waals surface area contributed by atoms with Crippen LogP contribution in [0.3, 0.4) is 0 Å². The van der Waals surface area contributed by atoms with Gasteiger partial charge in [0.1, 0.15) is 0 Å². The zero-order valence-corrected chi connectivity index (χ0v) is 12.8. The monoisotopic (exact) mass is 256 g/mol. The van der Waals surface area contributed by atoms with Gasteiger partial charge in [-0.1, -0.05) is 27.7 Å². The lowest BCUT2D eigenvalue weighted by Gasteiger charge is -2.28. The van der Waals surface area contributed by atoms with Crippen LogP contribution in [0.15, 0.2) is 0 Å². The molecule has 3 heteroatoms. The molecule has 0 saturated carbocycles. The van der Waals surface area contributed by atoms with Crippen LogP contribution in [0.4, 0.5) is 0 Å². The maximum atomic E-state index is 5.35. The molecule has 0 aliphatic carbocycles. The molecule has 0 aromatic carbocycles. The summed E-state index contributed by atoms with van der Waals surface area (Å²) in [6, 6.07) is 0. The third-order valence-electron chi connectivity index (χ3n) is 4.16. The van der Waals surface area contributed by atoms with E-state index in [1.807, 2.05) is 0 Å². The fraction of sp³-hybridized carbons (Fsp3) is 1.00. The lowest BCUT2D eigenvalue weighted by atomic mass is 9.80. The van der Waals surface area contributed by atoms with E-state index in [4.69, 9.17) is 4.74 Å². The quantitative estimate of drug-likeness (QED) is 0.708. The average Bonchev–Trinajstić information content (AvgIpc) is 2.33. The van der Waals surface area contributed by atoms with Gasteiger partial charge in [0.2, 0.25) is 0 Å². The molecule has 1 atom stereocenters. The zero-order chi connectivity index (χ0) is 13.4. The van der Waals surface area contributed by atoms with Crippen molar-refractivity contribution < 1.29 is 4.74 Å². The molecule has 0 aromatic rings. The summed E-state index contributed by atoms with van der Waals surface area (Å²) in [4.78, 5) is 2.50. The zero-order valence-electron chi connectivity index (χ0n) is 12.8. The van der Waals surface area contributed by atoms with Crippen molar-refractivity contribution in [3.63, 3.8) is 0 Å². The van der Waals surface area contributed by atoms with Crippen molar-refractivity contribution in [2.45, 2.75) is 40.5 Å². The molecule has 0 aromatic heterocycles. The Balaban J connectivity index is 1.92. The average molecular weight is 256 g/mol. The molecular weight excluding hydrogens is 224 g/mol. The van der Waals surface area contributed by atoms with Crippen molar-refractivity contribution in [2.75, 3.05) is 45.9 Å². The van der Waals surface area contributed by atoms with Crippen LogP contribution in [0, 0.1) is 11.3 Å². The van der Waals surface area contributed by atoms with Crippen LogP contribution in [0.25, 0.3) is 0 Å². The Kier molecular flexibility index (Phi) is 7.20. The Bertz CT molecular complexity index is 207. The predicted octanol–water partition coefficient (Wildman–Crippen LogP) is 2.37. The number of morpholine rings is 1. The smallest absolute Gasteiger partial charge is 0.0594 e. The van der Waals surface area contributed by atoms with Gasteiger partial charge < -0.3 is 10.1 Å². The second-order valence-corrected chi connectivity index (χ2v) is 6.61. The molecule has 108 valence electrons. The second kappa shape index (κ2) is 8.13. The van der Waals surface area contributed by atoms with Gasteiger partial charge in [0.25, 0.3) is 0 Å². The van der Waals surface area contributed by atoms with Gasteiger partial charge >= 0.3 is 0 Å². The lowest BCUT2D eigenvalue weighted by Crippen LogP contribution is -2.37. The van der Waals surface area contributed by atoms with E-state index >= 15 is 0 Å². The van der Waals surface area contributed by atoms with Gasteiger partial charge in [-0.2, -0.15) is 0 Å². The summed E-state index contributed by atoms with van der Waals surface area (Å²) in [5, 5.41) is 3.57. The van der Waals surface area contributed by atoms with Crippen LogP contribution in [0.1, 0.15) is 40.5 Å². The van der Waals surface area contributed by atoms with Crippen molar-refractivity contribution >= 4 is 0 Å². The van der Waals surface area contributed by atoms with Crippen molar-refractivity contribution in [3.05, 3.63) is 0 Å². The third kappa shape index (κ3) is 6.72. The molecule has 1 heterocycles. The molecule has 1 fully saturated rings. The first-order chi connectivity index (χ1) is 8.50. The molecule has 0 bridgehead atoms. The van der Waals surface area contributed by atoms with Gasteiger partial charge in [0.05, 0.1) is 13.2 Å². The van der Waals surface area contributed by atoms with Crippen LogP contribution in [-0.4, -0.2) is 50.8 Å². The second-order valence-electron chi connectivity index (χ2n) is 6.61. The summed E-state index contributed by atoms with van der Waals surface area (Å²) in [7, 11) is 0. The predicted molar refractivity (Wildman–Crippen MR) is 78.0 cm³/mol. The van der Waals surface area contributed by atoms with Gasteiger partial charge in [0.15, 0.2) is 0 Å². The number of rotatable bonds is 7. The Morgan fingerprint density at radius 2 is 1.83 bits per heavy atom.